The van der Waals surface area contributed by atoms with Crippen LogP contribution in [-0.4, -0.2) is 50.1 Å². The van der Waals surface area contributed by atoms with Gasteiger partial charge in [-0.1, -0.05) is 19.3 Å². The normalized spacial score (nSPS) is 27.4. The lowest BCUT2D eigenvalue weighted by atomic mass is 9.83. The first kappa shape index (κ1) is 11.9. The standard InChI is InChI=1S/C12H23N3O/c1-15-8-7-13-11(9-15)12(16)14-6-5-10-3-2-4-10/h10-11,13H,2-9H2,1H3,(H,14,16). The minimum atomic E-state index is -0.0138. The molecular formula is C12H23N3O. The van der Waals surface area contributed by atoms with E-state index in [1.54, 1.807) is 0 Å². The molecule has 0 spiro atoms. The maximum absolute atomic E-state index is 11.8. The summed E-state index contributed by atoms with van der Waals surface area (Å²) in [5.41, 5.74) is 0. The third-order valence-electron chi connectivity index (χ3n) is 3.77. The van der Waals surface area contributed by atoms with Crippen molar-refractivity contribution in [3.8, 4) is 0 Å². The van der Waals surface area contributed by atoms with E-state index in [0.29, 0.717) is 0 Å². The van der Waals surface area contributed by atoms with Crippen molar-refractivity contribution in [2.75, 3.05) is 33.2 Å². The van der Waals surface area contributed by atoms with Gasteiger partial charge in [-0.15, -0.1) is 0 Å². The molecule has 1 atom stereocenters. The zero-order valence-corrected chi connectivity index (χ0v) is 10.2. The van der Waals surface area contributed by atoms with Gasteiger partial charge in [0.2, 0.25) is 5.91 Å². The van der Waals surface area contributed by atoms with Gasteiger partial charge in [-0.3, -0.25) is 4.79 Å². The van der Waals surface area contributed by atoms with Crippen LogP contribution in [0.25, 0.3) is 0 Å². The van der Waals surface area contributed by atoms with Gasteiger partial charge in [0.15, 0.2) is 0 Å². The first-order valence-electron chi connectivity index (χ1n) is 6.45. The third kappa shape index (κ3) is 3.19. The lowest BCUT2D eigenvalue weighted by Gasteiger charge is -2.30. The van der Waals surface area contributed by atoms with Crippen LogP contribution in [0.4, 0.5) is 0 Å². The van der Waals surface area contributed by atoms with Gasteiger partial charge < -0.3 is 15.5 Å². The Labute approximate surface area is 97.8 Å². The van der Waals surface area contributed by atoms with E-state index in [1.807, 2.05) is 0 Å². The molecule has 2 N–H and O–H groups in total. The van der Waals surface area contributed by atoms with Crippen LogP contribution in [0.3, 0.4) is 0 Å². The zero-order chi connectivity index (χ0) is 11.4. The summed E-state index contributed by atoms with van der Waals surface area (Å²) >= 11 is 0. The summed E-state index contributed by atoms with van der Waals surface area (Å²) in [5.74, 6) is 1.05. The van der Waals surface area contributed by atoms with Crippen LogP contribution in [0.15, 0.2) is 0 Å². The van der Waals surface area contributed by atoms with Gasteiger partial charge in [-0.05, 0) is 19.4 Å². The van der Waals surface area contributed by atoms with Crippen LogP contribution in [0, 0.1) is 5.92 Å². The number of likely N-dealkylation sites (N-methyl/N-ethyl adjacent to an activating group) is 1. The molecule has 2 rings (SSSR count). The topological polar surface area (TPSA) is 44.4 Å². The number of carbonyl (C=O) groups excluding carboxylic acids is 1. The maximum Gasteiger partial charge on any atom is 0.238 e. The van der Waals surface area contributed by atoms with Gasteiger partial charge in [0.1, 0.15) is 0 Å². The van der Waals surface area contributed by atoms with Gasteiger partial charge in [0, 0.05) is 26.2 Å². The van der Waals surface area contributed by atoms with E-state index >= 15 is 0 Å². The molecule has 16 heavy (non-hydrogen) atoms. The average Bonchev–Trinajstić information content (AvgIpc) is 2.21. The van der Waals surface area contributed by atoms with E-state index in [9.17, 15) is 4.79 Å². The summed E-state index contributed by atoms with van der Waals surface area (Å²) in [6.45, 7) is 3.63. The Hall–Kier alpha value is -0.610. The fourth-order valence-electron chi connectivity index (χ4n) is 2.38. The van der Waals surface area contributed by atoms with E-state index in [0.717, 1.165) is 38.5 Å². The molecule has 0 aromatic heterocycles. The third-order valence-corrected chi connectivity index (χ3v) is 3.77. The van der Waals surface area contributed by atoms with Crippen molar-refractivity contribution < 1.29 is 4.79 Å². The lowest BCUT2D eigenvalue weighted by Crippen LogP contribution is -2.56. The predicted molar refractivity (Wildman–Crippen MR) is 64.3 cm³/mol. The van der Waals surface area contributed by atoms with Crippen molar-refractivity contribution in [2.24, 2.45) is 5.92 Å². The van der Waals surface area contributed by atoms with E-state index in [4.69, 9.17) is 0 Å². The molecule has 1 saturated carbocycles. The maximum atomic E-state index is 11.8. The molecule has 0 bridgehead atoms. The second kappa shape index (κ2) is 5.64. The van der Waals surface area contributed by atoms with E-state index < -0.39 is 0 Å². The van der Waals surface area contributed by atoms with Crippen LogP contribution < -0.4 is 10.6 Å². The smallest absolute Gasteiger partial charge is 0.238 e. The fraction of sp³-hybridized carbons (Fsp3) is 0.917. The summed E-state index contributed by atoms with van der Waals surface area (Å²) in [6.07, 6.45) is 5.27. The number of piperazine rings is 1. The van der Waals surface area contributed by atoms with Gasteiger partial charge in [-0.25, -0.2) is 0 Å². The first-order valence-corrected chi connectivity index (χ1v) is 6.45. The van der Waals surface area contributed by atoms with Crippen LogP contribution in [0.2, 0.25) is 0 Å². The Balaban J connectivity index is 1.62. The number of nitrogens with one attached hydrogen (secondary N) is 2. The van der Waals surface area contributed by atoms with Crippen molar-refractivity contribution in [3.05, 3.63) is 0 Å². The van der Waals surface area contributed by atoms with Crippen LogP contribution in [0.5, 0.6) is 0 Å². The molecule has 1 amide bonds. The van der Waals surface area contributed by atoms with Crippen molar-refractivity contribution >= 4 is 5.91 Å². The molecule has 4 heteroatoms. The van der Waals surface area contributed by atoms with Gasteiger partial charge in [-0.2, -0.15) is 0 Å². The van der Waals surface area contributed by atoms with Crippen molar-refractivity contribution in [2.45, 2.75) is 31.7 Å². The van der Waals surface area contributed by atoms with Gasteiger partial charge >= 0.3 is 0 Å². The Morgan fingerprint density at radius 3 is 2.94 bits per heavy atom. The molecule has 92 valence electrons. The van der Waals surface area contributed by atoms with Gasteiger partial charge in [0.05, 0.1) is 6.04 Å². The minimum absolute atomic E-state index is 0.0138. The Morgan fingerprint density at radius 1 is 1.50 bits per heavy atom. The van der Waals surface area contributed by atoms with E-state index in [2.05, 4.69) is 22.6 Å². The van der Waals surface area contributed by atoms with E-state index in [1.165, 1.54) is 19.3 Å². The molecule has 1 saturated heterocycles. The number of nitrogens with zero attached hydrogens (tertiary/aromatic N) is 1. The second-order valence-electron chi connectivity index (χ2n) is 5.15. The highest BCUT2D eigenvalue weighted by Crippen LogP contribution is 2.28. The number of hydrogen-bond donors (Lipinski definition) is 2. The molecule has 0 radical (unpaired) electrons. The van der Waals surface area contributed by atoms with Crippen molar-refractivity contribution in [1.82, 2.24) is 15.5 Å². The van der Waals surface area contributed by atoms with Crippen molar-refractivity contribution in [1.29, 1.82) is 0 Å². The van der Waals surface area contributed by atoms with Crippen LogP contribution in [-0.2, 0) is 4.79 Å². The first-order chi connectivity index (χ1) is 7.75. The predicted octanol–water partition coefficient (Wildman–Crippen LogP) is 0.196. The second-order valence-corrected chi connectivity index (χ2v) is 5.15. The fourth-order valence-corrected chi connectivity index (χ4v) is 2.38. The van der Waals surface area contributed by atoms with Gasteiger partial charge in [0.25, 0.3) is 0 Å². The number of rotatable bonds is 4. The van der Waals surface area contributed by atoms with E-state index in [-0.39, 0.29) is 11.9 Å². The summed E-state index contributed by atoms with van der Waals surface area (Å²) in [7, 11) is 2.06. The zero-order valence-electron chi connectivity index (χ0n) is 10.2. The molecule has 1 unspecified atom stereocenters. The molecule has 0 aromatic carbocycles. The Morgan fingerprint density at radius 2 is 2.31 bits per heavy atom. The summed E-state index contributed by atoms with van der Waals surface area (Å²) < 4.78 is 0. The molecule has 2 aliphatic rings. The monoisotopic (exact) mass is 225 g/mol. The Kier molecular flexibility index (Phi) is 4.18. The number of amides is 1. The summed E-state index contributed by atoms with van der Waals surface area (Å²) in [5, 5.41) is 6.31. The summed E-state index contributed by atoms with van der Waals surface area (Å²) in [4.78, 5) is 14.0. The highest BCUT2D eigenvalue weighted by Gasteiger charge is 2.23. The molecule has 1 aliphatic heterocycles. The van der Waals surface area contributed by atoms with Crippen LogP contribution in [0.1, 0.15) is 25.7 Å². The summed E-state index contributed by atoms with van der Waals surface area (Å²) in [6, 6.07) is -0.0138. The average molecular weight is 225 g/mol. The quantitative estimate of drug-likeness (QED) is 0.718. The number of hydrogen-bond acceptors (Lipinski definition) is 3. The Bertz CT molecular complexity index is 240. The molecule has 1 heterocycles. The molecule has 1 aliphatic carbocycles. The largest absolute Gasteiger partial charge is 0.355 e. The molecular weight excluding hydrogens is 202 g/mol. The SMILES string of the molecule is CN1CCNC(C(=O)NCCC2CCC2)C1. The van der Waals surface area contributed by atoms with Crippen molar-refractivity contribution in [3.63, 3.8) is 0 Å². The number of carbonyl (C=O) groups is 1. The van der Waals surface area contributed by atoms with Crippen LogP contribution >= 0.6 is 0 Å². The molecule has 0 aromatic rings. The molecule has 4 nitrogen and oxygen atoms in total. The molecule has 2 fully saturated rings. The minimum Gasteiger partial charge on any atom is -0.355 e. The highest BCUT2D eigenvalue weighted by atomic mass is 16.2. The highest BCUT2D eigenvalue weighted by molar-refractivity contribution is 5.82. The lowest BCUT2D eigenvalue weighted by molar-refractivity contribution is -0.124.